The second-order valence-corrected chi connectivity index (χ2v) is 7.49. The molecule has 0 aliphatic carbocycles. The maximum Gasteiger partial charge on any atom is 0.203 e. The third-order valence-electron chi connectivity index (χ3n) is 4.72. The maximum absolute atomic E-state index is 14.5. The van der Waals surface area contributed by atoms with E-state index >= 15 is 0 Å². The molecule has 1 fully saturated rings. The number of hydrazone groups is 1. The van der Waals surface area contributed by atoms with Gasteiger partial charge >= 0.3 is 0 Å². The summed E-state index contributed by atoms with van der Waals surface area (Å²) in [6, 6.07) is 13.5. The van der Waals surface area contributed by atoms with Gasteiger partial charge in [0.25, 0.3) is 0 Å². The summed E-state index contributed by atoms with van der Waals surface area (Å²) in [4.78, 5) is 6.64. The number of aryl methyl sites for hydroxylation is 1. The van der Waals surface area contributed by atoms with E-state index in [1.807, 2.05) is 48.7 Å². The fourth-order valence-electron chi connectivity index (χ4n) is 3.24. The lowest BCUT2D eigenvalue weighted by Crippen LogP contribution is -2.19. The van der Waals surface area contributed by atoms with Crippen LogP contribution >= 0.6 is 11.3 Å². The van der Waals surface area contributed by atoms with E-state index in [1.54, 1.807) is 12.3 Å². The average molecular weight is 380 g/mol. The second kappa shape index (κ2) is 7.88. The molecule has 3 aromatic rings. The Morgan fingerprint density at radius 3 is 2.74 bits per heavy atom. The quantitative estimate of drug-likeness (QED) is 0.482. The average Bonchev–Trinajstić information content (AvgIpc) is 3.37. The molecule has 0 saturated carbocycles. The van der Waals surface area contributed by atoms with Gasteiger partial charge in [-0.15, -0.1) is 11.3 Å². The van der Waals surface area contributed by atoms with E-state index in [0.717, 1.165) is 48.3 Å². The number of nitrogens with one attached hydrogen (secondary N) is 1. The number of rotatable bonds is 5. The molecule has 0 amide bonds. The van der Waals surface area contributed by atoms with Gasteiger partial charge in [0, 0.05) is 29.6 Å². The monoisotopic (exact) mass is 380 g/mol. The number of hydrogen-bond donors (Lipinski definition) is 1. The Morgan fingerprint density at radius 1 is 1.19 bits per heavy atom. The molecule has 6 heteroatoms. The van der Waals surface area contributed by atoms with E-state index in [4.69, 9.17) is 0 Å². The zero-order valence-electron chi connectivity index (χ0n) is 15.2. The number of benzene rings is 2. The van der Waals surface area contributed by atoms with E-state index in [-0.39, 0.29) is 5.82 Å². The van der Waals surface area contributed by atoms with Crippen molar-refractivity contribution in [3.63, 3.8) is 0 Å². The predicted octanol–water partition coefficient (Wildman–Crippen LogP) is 5.30. The molecule has 0 atom stereocenters. The minimum absolute atomic E-state index is 0.190. The summed E-state index contributed by atoms with van der Waals surface area (Å²) in [6.45, 7) is 3.84. The van der Waals surface area contributed by atoms with Crippen molar-refractivity contribution in [2.45, 2.75) is 19.8 Å². The Kier molecular flexibility index (Phi) is 5.16. The summed E-state index contributed by atoms with van der Waals surface area (Å²) < 4.78 is 14.5. The van der Waals surface area contributed by atoms with Gasteiger partial charge in [0.15, 0.2) is 0 Å². The Balaban J connectivity index is 1.46. The zero-order valence-corrected chi connectivity index (χ0v) is 16.0. The van der Waals surface area contributed by atoms with Gasteiger partial charge in [-0.05, 0) is 37.5 Å². The van der Waals surface area contributed by atoms with Crippen LogP contribution in [0.4, 0.5) is 15.2 Å². The molecule has 1 aliphatic heterocycles. The molecule has 1 saturated heterocycles. The summed E-state index contributed by atoms with van der Waals surface area (Å²) in [5, 5.41) is 6.94. The lowest BCUT2D eigenvalue weighted by Gasteiger charge is -2.19. The van der Waals surface area contributed by atoms with Crippen molar-refractivity contribution in [2.24, 2.45) is 5.10 Å². The first kappa shape index (κ1) is 17.7. The van der Waals surface area contributed by atoms with Crippen LogP contribution in [-0.2, 0) is 0 Å². The van der Waals surface area contributed by atoms with Gasteiger partial charge in [0.2, 0.25) is 5.13 Å². The lowest BCUT2D eigenvalue weighted by atomic mass is 10.1. The number of anilines is 2. The predicted molar refractivity (Wildman–Crippen MR) is 111 cm³/mol. The molecule has 0 unspecified atom stereocenters. The van der Waals surface area contributed by atoms with Crippen molar-refractivity contribution in [1.82, 2.24) is 4.98 Å². The summed E-state index contributed by atoms with van der Waals surface area (Å²) in [6.07, 6.45) is 3.91. The third kappa shape index (κ3) is 4.01. The van der Waals surface area contributed by atoms with Crippen LogP contribution in [0.15, 0.2) is 52.9 Å². The van der Waals surface area contributed by atoms with E-state index in [0.29, 0.717) is 10.8 Å². The van der Waals surface area contributed by atoms with Gasteiger partial charge in [-0.25, -0.2) is 9.37 Å². The molecular formula is C21H21FN4S. The first-order valence-corrected chi connectivity index (χ1v) is 9.94. The fourth-order valence-corrected chi connectivity index (χ4v) is 3.91. The minimum atomic E-state index is -0.190. The smallest absolute Gasteiger partial charge is 0.203 e. The van der Waals surface area contributed by atoms with Crippen LogP contribution in [0.25, 0.3) is 11.3 Å². The van der Waals surface area contributed by atoms with E-state index < -0.39 is 0 Å². The summed E-state index contributed by atoms with van der Waals surface area (Å²) >= 11 is 1.49. The van der Waals surface area contributed by atoms with Gasteiger partial charge in [-0.1, -0.05) is 30.3 Å². The van der Waals surface area contributed by atoms with Crippen molar-refractivity contribution >= 4 is 28.4 Å². The Hall–Kier alpha value is -2.73. The number of aromatic nitrogens is 1. The van der Waals surface area contributed by atoms with Gasteiger partial charge in [-0.2, -0.15) is 5.10 Å². The molecule has 27 heavy (non-hydrogen) atoms. The number of halogens is 1. The number of thiazole rings is 1. The van der Waals surface area contributed by atoms with Crippen molar-refractivity contribution in [3.8, 4) is 11.3 Å². The normalized spacial score (nSPS) is 14.2. The van der Waals surface area contributed by atoms with E-state index in [1.165, 1.54) is 11.3 Å². The molecular weight excluding hydrogens is 359 g/mol. The largest absolute Gasteiger partial charge is 0.369 e. The first-order chi connectivity index (χ1) is 13.2. The minimum Gasteiger partial charge on any atom is -0.369 e. The highest BCUT2D eigenvalue weighted by Gasteiger charge is 2.17. The Labute approximate surface area is 162 Å². The Morgan fingerprint density at radius 2 is 1.96 bits per heavy atom. The van der Waals surface area contributed by atoms with Crippen molar-refractivity contribution < 1.29 is 4.39 Å². The topological polar surface area (TPSA) is 40.5 Å². The summed E-state index contributed by atoms with van der Waals surface area (Å²) in [5.74, 6) is -0.190. The van der Waals surface area contributed by atoms with Crippen molar-refractivity contribution in [3.05, 3.63) is 64.8 Å². The standard InChI is InChI=1S/C21H21FN4S/c1-15-11-20(26-9-5-6-10-26)18(22)12-17(15)13-23-25-21-24-19(14-27-21)16-7-3-2-4-8-16/h2-4,7-8,11-14H,5-6,9-10H2,1H3,(H,24,25). The van der Waals surface area contributed by atoms with E-state index in [9.17, 15) is 4.39 Å². The number of hydrogen-bond acceptors (Lipinski definition) is 5. The highest BCUT2D eigenvalue weighted by atomic mass is 32.1. The highest BCUT2D eigenvalue weighted by Crippen LogP contribution is 2.27. The fraction of sp³-hybridized carbons (Fsp3) is 0.238. The van der Waals surface area contributed by atoms with Gasteiger partial charge in [0.05, 0.1) is 17.6 Å². The lowest BCUT2D eigenvalue weighted by molar-refractivity contribution is 0.622. The molecule has 1 aliphatic rings. The molecule has 0 spiro atoms. The molecule has 4 rings (SSSR count). The number of nitrogens with zero attached hydrogens (tertiary/aromatic N) is 3. The van der Waals surface area contributed by atoms with Crippen LogP contribution in [0.2, 0.25) is 0 Å². The zero-order chi connectivity index (χ0) is 18.6. The second-order valence-electron chi connectivity index (χ2n) is 6.63. The highest BCUT2D eigenvalue weighted by molar-refractivity contribution is 7.14. The van der Waals surface area contributed by atoms with Crippen molar-refractivity contribution in [1.29, 1.82) is 0 Å². The van der Waals surface area contributed by atoms with Crippen LogP contribution in [0.3, 0.4) is 0 Å². The maximum atomic E-state index is 14.5. The summed E-state index contributed by atoms with van der Waals surface area (Å²) in [7, 11) is 0. The Bertz CT molecular complexity index is 946. The molecule has 1 aromatic heterocycles. The molecule has 138 valence electrons. The molecule has 2 aromatic carbocycles. The molecule has 0 radical (unpaired) electrons. The van der Waals surface area contributed by atoms with Crippen LogP contribution in [0.5, 0.6) is 0 Å². The van der Waals surface area contributed by atoms with Gasteiger partial charge in [-0.3, -0.25) is 5.43 Å². The SMILES string of the molecule is Cc1cc(N2CCCC2)c(F)cc1C=NNc1nc(-c2ccccc2)cs1. The third-order valence-corrected chi connectivity index (χ3v) is 5.47. The van der Waals surface area contributed by atoms with Crippen LogP contribution < -0.4 is 10.3 Å². The summed E-state index contributed by atoms with van der Waals surface area (Å²) in [5.41, 5.74) is 7.40. The van der Waals surface area contributed by atoms with Gasteiger partial charge in [0.1, 0.15) is 5.82 Å². The molecule has 2 heterocycles. The molecule has 4 nitrogen and oxygen atoms in total. The van der Waals surface area contributed by atoms with Crippen LogP contribution in [-0.4, -0.2) is 24.3 Å². The van der Waals surface area contributed by atoms with Crippen LogP contribution in [0, 0.1) is 12.7 Å². The first-order valence-electron chi connectivity index (χ1n) is 9.06. The van der Waals surface area contributed by atoms with Crippen molar-refractivity contribution in [2.75, 3.05) is 23.4 Å². The molecule has 1 N–H and O–H groups in total. The molecule has 0 bridgehead atoms. The van der Waals surface area contributed by atoms with Crippen LogP contribution in [0.1, 0.15) is 24.0 Å². The van der Waals surface area contributed by atoms with Gasteiger partial charge < -0.3 is 4.90 Å². The van der Waals surface area contributed by atoms with E-state index in [2.05, 4.69) is 20.4 Å².